The van der Waals surface area contributed by atoms with Crippen LogP contribution in [0.1, 0.15) is 29.3 Å². The van der Waals surface area contributed by atoms with Gasteiger partial charge in [0.15, 0.2) is 0 Å². The number of ether oxygens (including phenoxy) is 2. The highest BCUT2D eigenvalue weighted by Gasteiger charge is 2.13. The molecule has 0 aliphatic carbocycles. The first-order valence-electron chi connectivity index (χ1n) is 6.86. The van der Waals surface area contributed by atoms with Crippen molar-refractivity contribution in [2.45, 2.75) is 18.2 Å². The molecule has 2 aromatic carbocycles. The maximum atomic E-state index is 6.19. The number of hydrogen-bond acceptors (Lipinski definition) is 2. The van der Waals surface area contributed by atoms with Crippen molar-refractivity contribution in [2.24, 2.45) is 0 Å². The largest absolute Gasteiger partial charge is 0.495 e. The van der Waals surface area contributed by atoms with Crippen LogP contribution in [0.25, 0.3) is 0 Å². The monoisotopic (exact) mass is 368 g/mol. The van der Waals surface area contributed by atoms with Crippen LogP contribution < -0.4 is 9.47 Å². The van der Waals surface area contributed by atoms with Gasteiger partial charge in [0.2, 0.25) is 0 Å². The molecule has 1 unspecified atom stereocenters. The first-order chi connectivity index (χ1) is 10.2. The normalized spacial score (nSPS) is 12.0. The SMILES string of the molecule is CCCOc1cccc(C(Br)c2ccc(OC)c(Cl)c2)c1. The second-order valence-corrected chi connectivity index (χ2v) is 6.00. The molecular formula is C17H18BrClO2. The van der Waals surface area contributed by atoms with E-state index >= 15 is 0 Å². The van der Waals surface area contributed by atoms with E-state index in [1.165, 1.54) is 0 Å². The molecule has 2 rings (SSSR count). The molecule has 0 N–H and O–H groups in total. The van der Waals surface area contributed by atoms with Gasteiger partial charge in [0.1, 0.15) is 11.5 Å². The molecule has 0 heterocycles. The second-order valence-electron chi connectivity index (χ2n) is 4.68. The Bertz CT molecular complexity index is 601. The van der Waals surface area contributed by atoms with Gasteiger partial charge >= 0.3 is 0 Å². The summed E-state index contributed by atoms with van der Waals surface area (Å²) in [4.78, 5) is 0.0612. The second kappa shape index (κ2) is 7.71. The van der Waals surface area contributed by atoms with Gasteiger partial charge < -0.3 is 9.47 Å². The lowest BCUT2D eigenvalue weighted by Gasteiger charge is -2.14. The van der Waals surface area contributed by atoms with E-state index < -0.39 is 0 Å². The van der Waals surface area contributed by atoms with Crippen molar-refractivity contribution in [1.82, 2.24) is 0 Å². The molecule has 0 amide bonds. The highest BCUT2D eigenvalue weighted by atomic mass is 79.9. The average Bonchev–Trinajstić information content (AvgIpc) is 2.52. The minimum absolute atomic E-state index is 0.0612. The van der Waals surface area contributed by atoms with E-state index in [1.807, 2.05) is 36.4 Å². The molecule has 4 heteroatoms. The van der Waals surface area contributed by atoms with E-state index in [4.69, 9.17) is 21.1 Å². The van der Waals surface area contributed by atoms with Gasteiger partial charge in [-0.3, -0.25) is 0 Å². The smallest absolute Gasteiger partial charge is 0.137 e. The summed E-state index contributed by atoms with van der Waals surface area (Å²) >= 11 is 9.91. The van der Waals surface area contributed by atoms with Crippen molar-refractivity contribution >= 4 is 27.5 Å². The van der Waals surface area contributed by atoms with Crippen LogP contribution in [0.4, 0.5) is 0 Å². The van der Waals surface area contributed by atoms with Gasteiger partial charge in [-0.25, -0.2) is 0 Å². The molecule has 1 atom stereocenters. The van der Waals surface area contributed by atoms with Crippen LogP contribution in [0.15, 0.2) is 42.5 Å². The summed E-state index contributed by atoms with van der Waals surface area (Å²) in [6, 6.07) is 13.9. The number of halogens is 2. The molecule has 0 saturated carbocycles. The van der Waals surface area contributed by atoms with Crippen LogP contribution in [0, 0.1) is 0 Å². The molecule has 0 fully saturated rings. The lowest BCUT2D eigenvalue weighted by Crippen LogP contribution is -1.98. The predicted molar refractivity (Wildman–Crippen MR) is 91.0 cm³/mol. The Morgan fingerprint density at radius 1 is 1.14 bits per heavy atom. The van der Waals surface area contributed by atoms with Crippen LogP contribution >= 0.6 is 27.5 Å². The third-order valence-electron chi connectivity index (χ3n) is 3.09. The van der Waals surface area contributed by atoms with Gasteiger partial charge in [0.25, 0.3) is 0 Å². The average molecular weight is 370 g/mol. The lowest BCUT2D eigenvalue weighted by atomic mass is 10.0. The van der Waals surface area contributed by atoms with Crippen LogP contribution in [0.3, 0.4) is 0 Å². The molecule has 0 aliphatic heterocycles. The summed E-state index contributed by atoms with van der Waals surface area (Å²) in [6.07, 6.45) is 0.996. The van der Waals surface area contributed by atoms with Gasteiger partial charge in [-0.05, 0) is 41.8 Å². The Hall–Kier alpha value is -1.19. The van der Waals surface area contributed by atoms with Gasteiger partial charge in [-0.15, -0.1) is 0 Å². The fourth-order valence-electron chi connectivity index (χ4n) is 2.01. The van der Waals surface area contributed by atoms with Gasteiger partial charge in [-0.2, -0.15) is 0 Å². The minimum Gasteiger partial charge on any atom is -0.495 e. The Kier molecular flexibility index (Phi) is 5.95. The summed E-state index contributed by atoms with van der Waals surface area (Å²) in [5.41, 5.74) is 2.21. The van der Waals surface area contributed by atoms with E-state index in [0.29, 0.717) is 10.8 Å². The van der Waals surface area contributed by atoms with Gasteiger partial charge in [0.05, 0.1) is 23.6 Å². The Balaban J connectivity index is 2.22. The van der Waals surface area contributed by atoms with Crippen molar-refractivity contribution in [3.63, 3.8) is 0 Å². The van der Waals surface area contributed by atoms with Crippen LogP contribution in [-0.2, 0) is 0 Å². The topological polar surface area (TPSA) is 18.5 Å². The standard InChI is InChI=1S/C17H18BrClO2/c1-3-9-21-14-6-4-5-12(10-14)17(18)13-7-8-16(20-2)15(19)11-13/h4-8,10-11,17H,3,9H2,1-2H3. The van der Waals surface area contributed by atoms with Crippen LogP contribution in [0.5, 0.6) is 11.5 Å². The zero-order valence-electron chi connectivity index (χ0n) is 12.1. The third-order valence-corrected chi connectivity index (χ3v) is 4.44. The summed E-state index contributed by atoms with van der Waals surface area (Å²) < 4.78 is 10.9. The number of hydrogen-bond donors (Lipinski definition) is 0. The van der Waals surface area contributed by atoms with Crippen LogP contribution in [-0.4, -0.2) is 13.7 Å². The predicted octanol–water partition coefficient (Wildman–Crippen LogP) is 5.62. The molecule has 0 radical (unpaired) electrons. The van der Waals surface area contributed by atoms with Crippen molar-refractivity contribution in [3.8, 4) is 11.5 Å². The fourth-order valence-corrected chi connectivity index (χ4v) is 2.85. The molecule has 112 valence electrons. The molecule has 0 bridgehead atoms. The van der Waals surface area contributed by atoms with Gasteiger partial charge in [-0.1, -0.05) is 52.7 Å². The summed E-state index contributed by atoms with van der Waals surface area (Å²) in [5.74, 6) is 1.57. The first kappa shape index (κ1) is 16.2. The maximum Gasteiger partial charge on any atom is 0.137 e. The number of alkyl halides is 1. The maximum absolute atomic E-state index is 6.19. The number of methoxy groups -OCH3 is 1. The van der Waals surface area contributed by atoms with Gasteiger partial charge in [0, 0.05) is 0 Å². The molecular weight excluding hydrogens is 352 g/mol. The van der Waals surface area contributed by atoms with Crippen molar-refractivity contribution in [1.29, 1.82) is 0 Å². The van der Waals surface area contributed by atoms with Crippen molar-refractivity contribution in [3.05, 3.63) is 58.6 Å². The van der Waals surface area contributed by atoms with E-state index in [0.717, 1.165) is 29.9 Å². The van der Waals surface area contributed by atoms with E-state index in [1.54, 1.807) is 7.11 Å². The molecule has 0 spiro atoms. The number of benzene rings is 2. The molecule has 0 saturated heterocycles. The fraction of sp³-hybridized carbons (Fsp3) is 0.294. The zero-order chi connectivity index (χ0) is 15.2. The van der Waals surface area contributed by atoms with E-state index in [9.17, 15) is 0 Å². The van der Waals surface area contributed by atoms with E-state index in [-0.39, 0.29) is 4.83 Å². The Morgan fingerprint density at radius 3 is 2.57 bits per heavy atom. The zero-order valence-corrected chi connectivity index (χ0v) is 14.4. The Morgan fingerprint density at radius 2 is 1.90 bits per heavy atom. The quantitative estimate of drug-likeness (QED) is 0.615. The highest BCUT2D eigenvalue weighted by molar-refractivity contribution is 9.09. The Labute approximate surface area is 139 Å². The molecule has 2 nitrogen and oxygen atoms in total. The van der Waals surface area contributed by atoms with Crippen molar-refractivity contribution in [2.75, 3.05) is 13.7 Å². The molecule has 21 heavy (non-hydrogen) atoms. The highest BCUT2D eigenvalue weighted by Crippen LogP contribution is 2.36. The lowest BCUT2D eigenvalue weighted by molar-refractivity contribution is 0.317. The van der Waals surface area contributed by atoms with Crippen molar-refractivity contribution < 1.29 is 9.47 Å². The summed E-state index contributed by atoms with van der Waals surface area (Å²) in [5, 5.41) is 0.609. The first-order valence-corrected chi connectivity index (χ1v) is 8.15. The summed E-state index contributed by atoms with van der Waals surface area (Å²) in [6.45, 7) is 2.82. The van der Waals surface area contributed by atoms with E-state index in [2.05, 4.69) is 28.9 Å². The minimum atomic E-state index is 0.0612. The number of rotatable bonds is 6. The third kappa shape index (κ3) is 4.14. The molecule has 0 aliphatic rings. The van der Waals surface area contributed by atoms with Crippen LogP contribution in [0.2, 0.25) is 5.02 Å². The summed E-state index contributed by atoms with van der Waals surface area (Å²) in [7, 11) is 1.61. The molecule has 0 aromatic heterocycles. The molecule has 2 aromatic rings.